The Bertz CT molecular complexity index is 976. The highest BCUT2D eigenvalue weighted by atomic mass is 16.5. The summed E-state index contributed by atoms with van der Waals surface area (Å²) in [5.74, 6) is -0.398. The van der Waals surface area contributed by atoms with Crippen LogP contribution in [0.3, 0.4) is 0 Å². The molecule has 5 nitrogen and oxygen atoms in total. The van der Waals surface area contributed by atoms with Gasteiger partial charge < -0.3 is 19.7 Å². The van der Waals surface area contributed by atoms with Crippen molar-refractivity contribution in [3.63, 3.8) is 0 Å². The molecule has 0 amide bonds. The molecule has 0 unspecified atom stereocenters. The van der Waals surface area contributed by atoms with E-state index in [1.807, 2.05) is 30.3 Å². The summed E-state index contributed by atoms with van der Waals surface area (Å²) in [4.78, 5) is 12.4. The van der Waals surface area contributed by atoms with Crippen LogP contribution < -0.4 is 4.74 Å². The zero-order valence-electron chi connectivity index (χ0n) is 14.8. The van der Waals surface area contributed by atoms with Crippen LogP contribution >= 0.6 is 0 Å². The zero-order valence-corrected chi connectivity index (χ0v) is 14.8. The minimum absolute atomic E-state index is 0.132. The van der Waals surface area contributed by atoms with Gasteiger partial charge in [-0.1, -0.05) is 36.4 Å². The fourth-order valence-corrected chi connectivity index (χ4v) is 3.18. The van der Waals surface area contributed by atoms with E-state index in [4.69, 9.17) is 9.47 Å². The number of esters is 1. The lowest BCUT2D eigenvalue weighted by Crippen LogP contribution is -2.06. The van der Waals surface area contributed by atoms with Crippen molar-refractivity contribution in [3.8, 4) is 22.6 Å². The number of phenolic OH excluding ortho intramolecular Hbond substituents is 1. The monoisotopic (exact) mass is 352 g/mol. The number of fused-ring (bicyclic) bond motifs is 1. The molecule has 0 radical (unpaired) electrons. The van der Waals surface area contributed by atoms with Crippen LogP contribution in [0.2, 0.25) is 0 Å². The highest BCUT2D eigenvalue weighted by Gasteiger charge is 2.24. The van der Waals surface area contributed by atoms with Crippen LogP contribution in [-0.2, 0) is 4.74 Å². The summed E-state index contributed by atoms with van der Waals surface area (Å²) in [6.45, 7) is 1.60. The summed E-state index contributed by atoms with van der Waals surface area (Å²) < 4.78 is 10.2. The van der Waals surface area contributed by atoms with E-state index in [9.17, 15) is 15.0 Å². The van der Waals surface area contributed by atoms with E-state index >= 15 is 0 Å². The highest BCUT2D eigenvalue weighted by Crippen LogP contribution is 2.45. The van der Waals surface area contributed by atoms with Crippen LogP contribution in [0, 0.1) is 0 Å². The van der Waals surface area contributed by atoms with Crippen molar-refractivity contribution in [2.45, 2.75) is 13.0 Å². The summed E-state index contributed by atoms with van der Waals surface area (Å²) in [5, 5.41) is 22.7. The minimum Gasteiger partial charge on any atom is -0.504 e. The predicted molar refractivity (Wildman–Crippen MR) is 99.6 cm³/mol. The summed E-state index contributed by atoms with van der Waals surface area (Å²) >= 11 is 0. The molecule has 1 atom stereocenters. The first-order valence-corrected chi connectivity index (χ1v) is 8.18. The lowest BCUT2D eigenvalue weighted by molar-refractivity contribution is 0.0601. The predicted octanol–water partition coefficient (Wildman–Crippen LogP) is 4.06. The summed E-state index contributed by atoms with van der Waals surface area (Å²) in [5.41, 5.74) is 1.65. The van der Waals surface area contributed by atoms with Gasteiger partial charge in [-0.05, 0) is 35.4 Å². The van der Waals surface area contributed by atoms with Crippen LogP contribution in [0.1, 0.15) is 28.9 Å². The average molecular weight is 352 g/mol. The number of phenols is 1. The molecule has 0 saturated carbocycles. The number of rotatable bonds is 4. The average Bonchev–Trinajstić information content (AvgIpc) is 2.66. The van der Waals surface area contributed by atoms with E-state index < -0.39 is 12.1 Å². The molecule has 2 N–H and O–H groups in total. The van der Waals surface area contributed by atoms with Gasteiger partial charge in [-0.3, -0.25) is 0 Å². The van der Waals surface area contributed by atoms with Gasteiger partial charge in [0.1, 0.15) is 0 Å². The second-order valence-corrected chi connectivity index (χ2v) is 5.96. The van der Waals surface area contributed by atoms with Crippen LogP contribution in [-0.4, -0.2) is 30.4 Å². The van der Waals surface area contributed by atoms with E-state index in [0.29, 0.717) is 22.3 Å². The smallest absolute Gasteiger partial charge is 0.338 e. The number of ether oxygens (including phenoxy) is 2. The fraction of sp³-hybridized carbons (Fsp3) is 0.190. The van der Waals surface area contributed by atoms with E-state index in [0.717, 1.165) is 10.8 Å². The van der Waals surface area contributed by atoms with Gasteiger partial charge in [0.2, 0.25) is 0 Å². The number of aliphatic hydroxyl groups excluding tert-OH is 1. The van der Waals surface area contributed by atoms with Crippen LogP contribution in [0.15, 0.2) is 48.5 Å². The molecule has 26 heavy (non-hydrogen) atoms. The van der Waals surface area contributed by atoms with Gasteiger partial charge in [-0.15, -0.1) is 0 Å². The van der Waals surface area contributed by atoms with Gasteiger partial charge in [-0.2, -0.15) is 0 Å². The van der Waals surface area contributed by atoms with Crippen molar-refractivity contribution in [3.05, 3.63) is 59.7 Å². The molecule has 134 valence electrons. The van der Waals surface area contributed by atoms with Gasteiger partial charge in [0, 0.05) is 11.1 Å². The molecular weight excluding hydrogens is 332 g/mol. The van der Waals surface area contributed by atoms with E-state index in [1.165, 1.54) is 14.2 Å². The fourth-order valence-electron chi connectivity index (χ4n) is 3.18. The molecule has 0 heterocycles. The molecule has 0 aliphatic carbocycles. The first-order chi connectivity index (χ1) is 12.5. The summed E-state index contributed by atoms with van der Waals surface area (Å²) in [6.07, 6.45) is -0.855. The van der Waals surface area contributed by atoms with E-state index in [1.54, 1.807) is 25.1 Å². The number of hydrogen-bond acceptors (Lipinski definition) is 5. The number of aromatic hydroxyl groups is 1. The number of carbonyl (C=O) groups is 1. The maximum absolute atomic E-state index is 12.4. The second kappa shape index (κ2) is 7.06. The van der Waals surface area contributed by atoms with Gasteiger partial charge in [0.15, 0.2) is 11.5 Å². The maximum Gasteiger partial charge on any atom is 0.338 e. The first kappa shape index (κ1) is 17.8. The molecule has 0 bridgehead atoms. The van der Waals surface area contributed by atoms with Gasteiger partial charge in [0.05, 0.1) is 25.9 Å². The largest absolute Gasteiger partial charge is 0.504 e. The summed E-state index contributed by atoms with van der Waals surface area (Å²) in [7, 11) is 2.76. The Morgan fingerprint density at radius 3 is 2.38 bits per heavy atom. The lowest BCUT2D eigenvalue weighted by Gasteiger charge is -2.20. The number of benzene rings is 3. The molecule has 0 aliphatic heterocycles. The van der Waals surface area contributed by atoms with Gasteiger partial charge in [-0.25, -0.2) is 4.79 Å². The van der Waals surface area contributed by atoms with Crippen LogP contribution in [0.25, 0.3) is 21.9 Å². The number of carbonyl (C=O) groups excluding carboxylic acids is 1. The Balaban J connectivity index is 2.50. The molecule has 0 aliphatic rings. The zero-order chi connectivity index (χ0) is 18.8. The van der Waals surface area contributed by atoms with Crippen molar-refractivity contribution in [2.75, 3.05) is 14.2 Å². The van der Waals surface area contributed by atoms with E-state index in [2.05, 4.69) is 0 Å². The standard InChI is InChI=1S/C21H20O5/c1-12(22)14-10-11-17(25-2)20(23)19(14)18-15-7-5-4-6-13(15)8-9-16(18)21(24)26-3/h4-12,22-23H,1-3H3/t12-/m1/s1. The van der Waals surface area contributed by atoms with Crippen molar-refractivity contribution in [2.24, 2.45) is 0 Å². The number of hydrogen-bond donors (Lipinski definition) is 2. The van der Waals surface area contributed by atoms with Crippen molar-refractivity contribution in [1.29, 1.82) is 0 Å². The number of methoxy groups -OCH3 is 2. The van der Waals surface area contributed by atoms with E-state index in [-0.39, 0.29) is 11.5 Å². The van der Waals surface area contributed by atoms with Crippen molar-refractivity contribution in [1.82, 2.24) is 0 Å². The molecule has 0 fully saturated rings. The van der Waals surface area contributed by atoms with Crippen molar-refractivity contribution < 1.29 is 24.5 Å². The maximum atomic E-state index is 12.4. The highest BCUT2D eigenvalue weighted by molar-refractivity contribution is 6.09. The molecular formula is C21H20O5. The quantitative estimate of drug-likeness (QED) is 0.693. The molecule has 3 aromatic carbocycles. The van der Waals surface area contributed by atoms with Crippen LogP contribution in [0.5, 0.6) is 11.5 Å². The lowest BCUT2D eigenvalue weighted by atomic mass is 9.88. The normalized spacial score (nSPS) is 12.0. The van der Waals surface area contributed by atoms with Crippen molar-refractivity contribution >= 4 is 16.7 Å². The Morgan fingerprint density at radius 2 is 1.73 bits per heavy atom. The molecule has 0 spiro atoms. The molecule has 5 heteroatoms. The molecule has 3 rings (SSSR count). The van der Waals surface area contributed by atoms with Crippen LogP contribution in [0.4, 0.5) is 0 Å². The first-order valence-electron chi connectivity index (χ1n) is 8.18. The third-order valence-electron chi connectivity index (χ3n) is 4.43. The molecule has 0 aromatic heterocycles. The number of aliphatic hydroxyl groups is 1. The molecule has 3 aromatic rings. The third kappa shape index (κ3) is 2.86. The van der Waals surface area contributed by atoms with Gasteiger partial charge in [0.25, 0.3) is 0 Å². The second-order valence-electron chi connectivity index (χ2n) is 5.96. The topological polar surface area (TPSA) is 76.0 Å². The molecule has 0 saturated heterocycles. The Hall–Kier alpha value is -3.05. The minimum atomic E-state index is -0.855. The summed E-state index contributed by atoms with van der Waals surface area (Å²) in [6, 6.07) is 14.3. The van der Waals surface area contributed by atoms with Gasteiger partial charge >= 0.3 is 5.97 Å². The Labute approximate surface area is 151 Å². The third-order valence-corrected chi connectivity index (χ3v) is 4.43. The SMILES string of the molecule is COC(=O)c1ccc2ccccc2c1-c1c([C@@H](C)O)ccc(OC)c1O. The Kier molecular flexibility index (Phi) is 4.82. The Morgan fingerprint density at radius 1 is 1.00 bits per heavy atom.